The fourth-order valence-corrected chi connectivity index (χ4v) is 2.66. The van der Waals surface area contributed by atoms with Crippen LogP contribution >= 0.6 is 11.3 Å². The van der Waals surface area contributed by atoms with Gasteiger partial charge in [-0.3, -0.25) is 0 Å². The minimum atomic E-state index is -0.126. The van der Waals surface area contributed by atoms with Crippen molar-refractivity contribution >= 4 is 17.4 Å². The molecule has 2 amide bonds. The van der Waals surface area contributed by atoms with Gasteiger partial charge in [-0.2, -0.15) is 0 Å². The quantitative estimate of drug-likeness (QED) is 0.725. The molecule has 0 fully saturated rings. The van der Waals surface area contributed by atoms with Gasteiger partial charge in [0.2, 0.25) is 0 Å². The molecular weight excluding hydrogens is 286 g/mol. The minimum Gasteiger partial charge on any atom is -0.382 e. The van der Waals surface area contributed by atoms with Crippen LogP contribution < -0.4 is 10.6 Å². The van der Waals surface area contributed by atoms with Crippen molar-refractivity contribution in [3.05, 3.63) is 16.1 Å². The van der Waals surface area contributed by atoms with Gasteiger partial charge in [0.25, 0.3) is 0 Å². The van der Waals surface area contributed by atoms with Crippen LogP contribution in [0.3, 0.4) is 0 Å². The lowest BCUT2D eigenvalue weighted by molar-refractivity contribution is 0.145. The normalized spacial score (nSPS) is 11.4. The highest BCUT2D eigenvalue weighted by Crippen LogP contribution is 2.23. The Balaban J connectivity index is 2.15. The molecule has 1 heterocycles. The lowest BCUT2D eigenvalue weighted by Gasteiger charge is -2.14. The van der Waals surface area contributed by atoms with E-state index < -0.39 is 0 Å². The number of thiazole rings is 1. The van der Waals surface area contributed by atoms with Crippen LogP contribution in [-0.2, 0) is 16.6 Å². The Morgan fingerprint density at radius 2 is 2.05 bits per heavy atom. The van der Waals surface area contributed by atoms with Gasteiger partial charge in [0.1, 0.15) is 0 Å². The number of rotatable bonds is 8. The highest BCUT2D eigenvalue weighted by Gasteiger charge is 2.17. The maximum atomic E-state index is 11.6. The van der Waals surface area contributed by atoms with E-state index in [4.69, 9.17) is 4.74 Å². The molecule has 0 aliphatic rings. The Hall–Kier alpha value is -1.14. The summed E-state index contributed by atoms with van der Waals surface area (Å²) in [5, 5.41) is 8.82. The van der Waals surface area contributed by atoms with Gasteiger partial charge in [-0.15, -0.1) is 11.3 Å². The number of carbonyl (C=O) groups is 1. The van der Waals surface area contributed by atoms with E-state index in [9.17, 15) is 4.79 Å². The van der Waals surface area contributed by atoms with Gasteiger partial charge in [-0.1, -0.05) is 20.8 Å². The summed E-state index contributed by atoms with van der Waals surface area (Å²) < 4.78 is 5.21. The molecule has 1 aromatic heterocycles. The number of hydrogen-bond acceptors (Lipinski definition) is 4. The van der Waals surface area contributed by atoms with Crippen molar-refractivity contribution in [2.45, 2.75) is 46.0 Å². The van der Waals surface area contributed by atoms with Crippen LogP contribution in [0.4, 0.5) is 4.79 Å². The standard InChI is InChI=1S/C15H27N3O2S/c1-5-20-10-6-8-16-14(19)17-9-7-13-18-12(11-21-13)15(2,3)4/h11H,5-10H2,1-4H3,(H2,16,17,19). The van der Waals surface area contributed by atoms with Gasteiger partial charge in [-0.05, 0) is 13.3 Å². The average Bonchev–Trinajstić information content (AvgIpc) is 2.87. The van der Waals surface area contributed by atoms with Crippen molar-refractivity contribution in [2.24, 2.45) is 0 Å². The molecule has 0 saturated heterocycles. The van der Waals surface area contributed by atoms with Crippen molar-refractivity contribution < 1.29 is 9.53 Å². The van der Waals surface area contributed by atoms with Crippen LogP contribution in [0.15, 0.2) is 5.38 Å². The highest BCUT2D eigenvalue weighted by molar-refractivity contribution is 7.09. The zero-order valence-corrected chi connectivity index (χ0v) is 14.3. The van der Waals surface area contributed by atoms with Crippen LogP contribution in [-0.4, -0.2) is 37.3 Å². The molecule has 1 rings (SSSR count). The molecule has 0 bridgehead atoms. The second kappa shape index (κ2) is 9.00. The summed E-state index contributed by atoms with van der Waals surface area (Å²) in [4.78, 5) is 16.2. The van der Waals surface area contributed by atoms with Gasteiger partial charge in [0.15, 0.2) is 0 Å². The topological polar surface area (TPSA) is 63.2 Å². The first-order valence-corrected chi connectivity index (χ1v) is 8.35. The number of nitrogens with one attached hydrogen (secondary N) is 2. The van der Waals surface area contributed by atoms with E-state index in [1.54, 1.807) is 11.3 Å². The third-order valence-electron chi connectivity index (χ3n) is 2.90. The molecule has 1 aromatic rings. The van der Waals surface area contributed by atoms with Crippen LogP contribution in [0.25, 0.3) is 0 Å². The SMILES string of the molecule is CCOCCCNC(=O)NCCc1nc(C(C)(C)C)cs1. The molecule has 21 heavy (non-hydrogen) atoms. The predicted molar refractivity (Wildman–Crippen MR) is 87.0 cm³/mol. The summed E-state index contributed by atoms with van der Waals surface area (Å²) in [6, 6.07) is -0.126. The monoisotopic (exact) mass is 313 g/mol. The Morgan fingerprint density at radius 1 is 1.33 bits per heavy atom. The fourth-order valence-electron chi connectivity index (χ4n) is 1.64. The molecular formula is C15H27N3O2S. The molecule has 0 spiro atoms. The summed E-state index contributed by atoms with van der Waals surface area (Å²) in [5.74, 6) is 0. The van der Waals surface area contributed by atoms with Gasteiger partial charge < -0.3 is 15.4 Å². The second-order valence-electron chi connectivity index (χ2n) is 5.86. The summed E-state index contributed by atoms with van der Waals surface area (Å²) in [7, 11) is 0. The Labute approximate surface area is 131 Å². The molecule has 6 heteroatoms. The van der Waals surface area contributed by atoms with Gasteiger partial charge in [-0.25, -0.2) is 9.78 Å². The average molecular weight is 313 g/mol. The zero-order chi connectivity index (χ0) is 15.7. The van der Waals surface area contributed by atoms with Crippen molar-refractivity contribution in [1.29, 1.82) is 0 Å². The molecule has 120 valence electrons. The molecule has 0 unspecified atom stereocenters. The maximum absolute atomic E-state index is 11.6. The highest BCUT2D eigenvalue weighted by atomic mass is 32.1. The number of ether oxygens (including phenoxy) is 1. The molecule has 5 nitrogen and oxygen atoms in total. The first kappa shape index (κ1) is 17.9. The molecule has 0 atom stereocenters. The number of amides is 2. The summed E-state index contributed by atoms with van der Waals surface area (Å²) in [5.41, 5.74) is 1.20. The van der Waals surface area contributed by atoms with Gasteiger partial charge >= 0.3 is 6.03 Å². The number of nitrogens with zero attached hydrogens (tertiary/aromatic N) is 1. The zero-order valence-electron chi connectivity index (χ0n) is 13.5. The fraction of sp³-hybridized carbons (Fsp3) is 0.733. The first-order chi connectivity index (χ1) is 9.93. The Bertz CT molecular complexity index is 427. The van der Waals surface area contributed by atoms with Gasteiger partial charge in [0, 0.05) is 43.5 Å². The van der Waals surface area contributed by atoms with Crippen LogP contribution in [0, 0.1) is 0 Å². The molecule has 0 saturated carbocycles. The van der Waals surface area contributed by atoms with Gasteiger partial charge in [0.05, 0.1) is 10.7 Å². The summed E-state index contributed by atoms with van der Waals surface area (Å²) >= 11 is 1.66. The molecule has 0 aromatic carbocycles. The van der Waals surface area contributed by atoms with E-state index in [2.05, 4.69) is 41.8 Å². The van der Waals surface area contributed by atoms with Crippen LogP contribution in [0.5, 0.6) is 0 Å². The molecule has 2 N–H and O–H groups in total. The number of carbonyl (C=O) groups excluding carboxylic acids is 1. The van der Waals surface area contributed by atoms with Crippen LogP contribution in [0.1, 0.15) is 44.8 Å². The number of hydrogen-bond donors (Lipinski definition) is 2. The third kappa shape index (κ3) is 7.43. The second-order valence-corrected chi connectivity index (χ2v) is 6.80. The first-order valence-electron chi connectivity index (χ1n) is 7.47. The minimum absolute atomic E-state index is 0.0834. The Kier molecular flexibility index (Phi) is 7.67. The summed E-state index contributed by atoms with van der Waals surface area (Å²) in [6.07, 6.45) is 1.61. The molecule has 0 radical (unpaired) electrons. The van der Waals surface area contributed by atoms with E-state index >= 15 is 0 Å². The lowest BCUT2D eigenvalue weighted by Crippen LogP contribution is -2.37. The van der Waals surface area contributed by atoms with E-state index in [0.29, 0.717) is 19.7 Å². The smallest absolute Gasteiger partial charge is 0.314 e. The third-order valence-corrected chi connectivity index (χ3v) is 3.81. The largest absolute Gasteiger partial charge is 0.382 e. The van der Waals surface area contributed by atoms with E-state index in [0.717, 1.165) is 30.2 Å². The van der Waals surface area contributed by atoms with Crippen LogP contribution in [0.2, 0.25) is 0 Å². The number of aromatic nitrogens is 1. The van der Waals surface area contributed by atoms with Crippen molar-refractivity contribution in [3.8, 4) is 0 Å². The Morgan fingerprint density at radius 3 is 2.67 bits per heavy atom. The predicted octanol–water partition coefficient (Wildman–Crippen LogP) is 2.71. The van der Waals surface area contributed by atoms with E-state index in [-0.39, 0.29) is 11.4 Å². The van der Waals surface area contributed by atoms with Crippen molar-refractivity contribution in [2.75, 3.05) is 26.3 Å². The molecule has 0 aliphatic carbocycles. The lowest BCUT2D eigenvalue weighted by atomic mass is 9.93. The molecule has 0 aliphatic heterocycles. The van der Waals surface area contributed by atoms with E-state index in [1.807, 2.05) is 6.92 Å². The summed E-state index contributed by atoms with van der Waals surface area (Å²) in [6.45, 7) is 11.1. The van der Waals surface area contributed by atoms with Crippen molar-refractivity contribution in [1.82, 2.24) is 15.6 Å². The van der Waals surface area contributed by atoms with Crippen molar-refractivity contribution in [3.63, 3.8) is 0 Å². The maximum Gasteiger partial charge on any atom is 0.314 e. The number of urea groups is 1. The van der Waals surface area contributed by atoms with E-state index in [1.165, 1.54) is 0 Å².